The molecule has 1 heterocycles. The van der Waals surface area contributed by atoms with E-state index in [4.69, 9.17) is 9.47 Å². The average Bonchev–Trinajstić information content (AvgIpc) is 2.98. The summed E-state index contributed by atoms with van der Waals surface area (Å²) in [4.78, 5) is 17.1. The van der Waals surface area contributed by atoms with Gasteiger partial charge in [-0.2, -0.15) is 4.99 Å². The molecule has 0 fully saturated rings. The van der Waals surface area contributed by atoms with Crippen molar-refractivity contribution in [3.63, 3.8) is 0 Å². The molecule has 0 aliphatic rings. The van der Waals surface area contributed by atoms with E-state index in [9.17, 15) is 13.6 Å². The molecule has 142 valence electrons. The van der Waals surface area contributed by atoms with Crippen molar-refractivity contribution in [3.05, 3.63) is 52.3 Å². The molecule has 5 nitrogen and oxygen atoms in total. The van der Waals surface area contributed by atoms with Crippen LogP contribution in [-0.2, 0) is 6.54 Å². The Morgan fingerprint density at radius 2 is 1.89 bits per heavy atom. The van der Waals surface area contributed by atoms with Crippen LogP contribution in [-0.4, -0.2) is 24.7 Å². The zero-order valence-corrected chi connectivity index (χ0v) is 15.9. The maximum atomic E-state index is 14.3. The Kier molecular flexibility index (Phi) is 5.55. The lowest BCUT2D eigenvalue weighted by atomic mass is 10.2. The summed E-state index contributed by atoms with van der Waals surface area (Å²) in [6.45, 7) is 2.39. The van der Waals surface area contributed by atoms with Crippen LogP contribution in [0, 0.1) is 11.6 Å². The van der Waals surface area contributed by atoms with Crippen LogP contribution in [0.25, 0.3) is 10.2 Å². The smallest absolute Gasteiger partial charge is 0.279 e. The van der Waals surface area contributed by atoms with E-state index in [-0.39, 0.29) is 5.52 Å². The van der Waals surface area contributed by atoms with Gasteiger partial charge in [-0.1, -0.05) is 18.3 Å². The standard InChI is InChI=1S/C19H18F2N2O3S/c1-4-7-23-17-13(21)9-12(20)10-16(17)27-19(23)22-18(24)11-5-6-14(25-2)15(8-11)26-3/h5-6,8-10H,4,7H2,1-3H3. The van der Waals surface area contributed by atoms with Crippen molar-refractivity contribution < 1.29 is 23.0 Å². The van der Waals surface area contributed by atoms with Crippen LogP contribution in [0.5, 0.6) is 11.5 Å². The summed E-state index contributed by atoms with van der Waals surface area (Å²) < 4.78 is 40.2. The van der Waals surface area contributed by atoms with Crippen molar-refractivity contribution in [1.29, 1.82) is 0 Å². The highest BCUT2D eigenvalue weighted by atomic mass is 32.1. The molecule has 1 amide bonds. The second-order valence-electron chi connectivity index (χ2n) is 5.76. The Morgan fingerprint density at radius 3 is 2.56 bits per heavy atom. The number of carbonyl (C=O) groups is 1. The highest BCUT2D eigenvalue weighted by molar-refractivity contribution is 7.16. The number of hydrogen-bond donors (Lipinski definition) is 0. The monoisotopic (exact) mass is 392 g/mol. The number of rotatable bonds is 5. The number of hydrogen-bond acceptors (Lipinski definition) is 4. The fraction of sp³-hybridized carbons (Fsp3) is 0.263. The van der Waals surface area contributed by atoms with E-state index in [1.807, 2.05) is 6.92 Å². The van der Waals surface area contributed by atoms with E-state index in [0.717, 1.165) is 17.4 Å². The van der Waals surface area contributed by atoms with Gasteiger partial charge in [0.2, 0.25) is 0 Å². The Morgan fingerprint density at radius 1 is 1.15 bits per heavy atom. The van der Waals surface area contributed by atoms with Gasteiger partial charge in [-0.15, -0.1) is 0 Å². The lowest BCUT2D eigenvalue weighted by molar-refractivity contribution is 0.0997. The molecule has 0 saturated heterocycles. The summed E-state index contributed by atoms with van der Waals surface area (Å²) in [5.41, 5.74) is 0.557. The molecule has 0 aliphatic carbocycles. The molecule has 0 saturated carbocycles. The van der Waals surface area contributed by atoms with E-state index in [1.165, 1.54) is 26.4 Å². The molecule has 3 rings (SSSR count). The van der Waals surface area contributed by atoms with Gasteiger partial charge in [0.05, 0.1) is 24.4 Å². The summed E-state index contributed by atoms with van der Waals surface area (Å²) in [7, 11) is 2.98. The van der Waals surface area contributed by atoms with E-state index in [2.05, 4.69) is 4.99 Å². The summed E-state index contributed by atoms with van der Waals surface area (Å²) in [6, 6.07) is 6.80. The summed E-state index contributed by atoms with van der Waals surface area (Å²) >= 11 is 1.07. The molecule has 1 aromatic heterocycles. The van der Waals surface area contributed by atoms with Gasteiger partial charge in [0.15, 0.2) is 22.1 Å². The maximum absolute atomic E-state index is 14.3. The molecule has 0 unspecified atom stereocenters. The Hall–Kier alpha value is -2.74. The SMILES string of the molecule is CCCn1c(=NC(=O)c2ccc(OC)c(OC)c2)sc2cc(F)cc(F)c21. The van der Waals surface area contributed by atoms with Crippen molar-refractivity contribution in [2.75, 3.05) is 14.2 Å². The number of nitrogens with zero attached hydrogens (tertiary/aromatic N) is 2. The number of thiazole rings is 1. The first-order valence-electron chi connectivity index (χ1n) is 8.28. The predicted molar refractivity (Wildman–Crippen MR) is 99.5 cm³/mol. The average molecular weight is 392 g/mol. The summed E-state index contributed by atoms with van der Waals surface area (Å²) in [5.74, 6) is -0.940. The first kappa shape index (κ1) is 19.0. The molecule has 0 aliphatic heterocycles. The molecular weight excluding hydrogens is 374 g/mol. The van der Waals surface area contributed by atoms with Gasteiger partial charge in [-0.25, -0.2) is 8.78 Å². The number of halogens is 2. The van der Waals surface area contributed by atoms with Crippen LogP contribution in [0.1, 0.15) is 23.7 Å². The van der Waals surface area contributed by atoms with Gasteiger partial charge in [-0.05, 0) is 30.7 Å². The Balaban J connectivity index is 2.13. The third kappa shape index (κ3) is 3.71. The van der Waals surface area contributed by atoms with Crippen LogP contribution in [0.3, 0.4) is 0 Å². The zero-order valence-electron chi connectivity index (χ0n) is 15.1. The molecule has 3 aromatic rings. The van der Waals surface area contributed by atoms with Crippen LogP contribution < -0.4 is 14.3 Å². The lowest BCUT2D eigenvalue weighted by Crippen LogP contribution is -2.17. The van der Waals surface area contributed by atoms with Gasteiger partial charge >= 0.3 is 0 Å². The van der Waals surface area contributed by atoms with Crippen molar-refractivity contribution >= 4 is 27.5 Å². The number of amides is 1. The molecular formula is C19H18F2N2O3S. The van der Waals surface area contributed by atoms with Gasteiger partial charge < -0.3 is 14.0 Å². The fourth-order valence-corrected chi connectivity index (χ4v) is 3.86. The van der Waals surface area contributed by atoms with Crippen LogP contribution in [0.4, 0.5) is 8.78 Å². The van der Waals surface area contributed by atoms with Gasteiger partial charge in [0.1, 0.15) is 5.82 Å². The van der Waals surface area contributed by atoms with Crippen LogP contribution in [0.15, 0.2) is 35.3 Å². The highest BCUT2D eigenvalue weighted by Gasteiger charge is 2.15. The van der Waals surface area contributed by atoms with Gasteiger partial charge in [-0.3, -0.25) is 4.79 Å². The first-order chi connectivity index (χ1) is 13.0. The molecule has 0 spiro atoms. The molecule has 0 bridgehead atoms. The molecule has 2 aromatic carbocycles. The third-order valence-corrected chi connectivity index (χ3v) is 5.00. The van der Waals surface area contributed by atoms with Crippen molar-refractivity contribution in [2.24, 2.45) is 4.99 Å². The molecule has 0 atom stereocenters. The molecule has 8 heteroatoms. The topological polar surface area (TPSA) is 52.8 Å². The van der Waals surface area contributed by atoms with E-state index in [1.54, 1.807) is 16.7 Å². The molecule has 0 radical (unpaired) electrons. The van der Waals surface area contributed by atoms with E-state index in [0.29, 0.717) is 39.5 Å². The number of fused-ring (bicyclic) bond motifs is 1. The molecule has 27 heavy (non-hydrogen) atoms. The van der Waals surface area contributed by atoms with Gasteiger partial charge in [0.25, 0.3) is 5.91 Å². The Bertz CT molecular complexity index is 1070. The van der Waals surface area contributed by atoms with Crippen molar-refractivity contribution in [3.8, 4) is 11.5 Å². The van der Waals surface area contributed by atoms with Crippen molar-refractivity contribution in [2.45, 2.75) is 19.9 Å². The fourth-order valence-electron chi connectivity index (χ4n) is 2.77. The second-order valence-corrected chi connectivity index (χ2v) is 6.77. The van der Waals surface area contributed by atoms with Crippen molar-refractivity contribution in [1.82, 2.24) is 4.57 Å². The normalized spacial score (nSPS) is 11.8. The minimum Gasteiger partial charge on any atom is -0.493 e. The second kappa shape index (κ2) is 7.87. The minimum absolute atomic E-state index is 0.252. The third-order valence-electron chi connectivity index (χ3n) is 3.97. The minimum atomic E-state index is -0.672. The van der Waals surface area contributed by atoms with Gasteiger partial charge in [0, 0.05) is 18.2 Å². The highest BCUT2D eigenvalue weighted by Crippen LogP contribution is 2.28. The lowest BCUT2D eigenvalue weighted by Gasteiger charge is -2.07. The van der Waals surface area contributed by atoms with Crippen LogP contribution >= 0.6 is 11.3 Å². The largest absolute Gasteiger partial charge is 0.493 e. The van der Waals surface area contributed by atoms with E-state index < -0.39 is 17.5 Å². The quantitative estimate of drug-likeness (QED) is 0.656. The number of benzene rings is 2. The van der Waals surface area contributed by atoms with E-state index >= 15 is 0 Å². The zero-order chi connectivity index (χ0) is 19.6. The molecule has 0 N–H and O–H groups in total. The summed E-state index contributed by atoms with van der Waals surface area (Å²) in [5, 5.41) is 0. The first-order valence-corrected chi connectivity index (χ1v) is 9.09. The number of ether oxygens (including phenoxy) is 2. The predicted octanol–water partition coefficient (Wildman–Crippen LogP) is 4.15. The number of carbonyl (C=O) groups excluding carboxylic acids is 1. The number of methoxy groups -OCH3 is 2. The number of aryl methyl sites for hydroxylation is 1. The summed E-state index contributed by atoms with van der Waals surface area (Å²) in [6.07, 6.45) is 0.709. The maximum Gasteiger partial charge on any atom is 0.279 e. The number of aromatic nitrogens is 1. The Labute approximate surface area is 158 Å². The van der Waals surface area contributed by atoms with Crippen LogP contribution in [0.2, 0.25) is 0 Å².